The zero-order valence-electron chi connectivity index (χ0n) is 23.8. The molecule has 2 fully saturated rings. The van der Waals surface area contributed by atoms with Crippen LogP contribution in [0.2, 0.25) is 0 Å². The summed E-state index contributed by atoms with van der Waals surface area (Å²) in [4.78, 5) is 27.0. The number of hydrogen-bond donors (Lipinski definition) is 0. The highest BCUT2D eigenvalue weighted by atomic mass is 127. The smallest absolute Gasteiger partial charge is 0.340 e. The van der Waals surface area contributed by atoms with Crippen molar-refractivity contribution in [1.29, 1.82) is 0 Å². The lowest BCUT2D eigenvalue weighted by Crippen LogP contribution is -2.56. The van der Waals surface area contributed by atoms with Crippen LogP contribution in [0.4, 0.5) is 0 Å². The largest absolute Gasteiger partial charge is 0.493 e. The maximum absolute atomic E-state index is 13.5. The Hall–Kier alpha value is -2.48. The molecule has 0 radical (unpaired) electrons. The minimum absolute atomic E-state index is 0.0879. The number of esters is 2. The van der Waals surface area contributed by atoms with Gasteiger partial charge in [0.2, 0.25) is 11.5 Å². The molecule has 2 aromatic rings. The van der Waals surface area contributed by atoms with E-state index < -0.39 is 42.6 Å². The van der Waals surface area contributed by atoms with Crippen molar-refractivity contribution >= 4 is 57.1 Å². The molecule has 0 unspecified atom stereocenters. The fourth-order valence-electron chi connectivity index (χ4n) is 4.78. The Balaban J connectivity index is 1.63. The summed E-state index contributed by atoms with van der Waals surface area (Å²) in [7, 11) is 10.1. The molecule has 2 heterocycles. The average Bonchev–Trinajstić information content (AvgIpc) is 3.28. The van der Waals surface area contributed by atoms with E-state index in [2.05, 4.69) is 0 Å². The number of carbonyl (C=O) groups is 2. The van der Waals surface area contributed by atoms with Crippen LogP contribution in [0.5, 0.6) is 34.5 Å². The number of halogens is 2. The molecule has 0 amide bonds. The predicted octanol–water partition coefficient (Wildman–Crippen LogP) is 3.47. The van der Waals surface area contributed by atoms with Crippen LogP contribution in [0.15, 0.2) is 12.1 Å². The predicted molar refractivity (Wildman–Crippen MR) is 161 cm³/mol. The number of rotatable bonds is 11. The van der Waals surface area contributed by atoms with E-state index in [-0.39, 0.29) is 29.2 Å². The first-order valence-corrected chi connectivity index (χ1v) is 14.5. The quantitative estimate of drug-likeness (QED) is 0.242. The van der Waals surface area contributed by atoms with Crippen molar-refractivity contribution in [2.24, 2.45) is 0 Å². The maximum Gasteiger partial charge on any atom is 0.340 e. The third-order valence-electron chi connectivity index (χ3n) is 6.74. The van der Waals surface area contributed by atoms with Crippen LogP contribution in [0.25, 0.3) is 0 Å². The van der Waals surface area contributed by atoms with Gasteiger partial charge in [0.25, 0.3) is 0 Å². The van der Waals surface area contributed by atoms with Crippen molar-refractivity contribution in [2.45, 2.75) is 30.7 Å². The molecule has 0 N–H and O–H groups in total. The Kier molecular flexibility index (Phi) is 10.7. The molecule has 2 bridgehead atoms. The Morgan fingerprint density at radius 2 is 1.14 bits per heavy atom. The number of fused-ring (bicyclic) bond motifs is 2. The van der Waals surface area contributed by atoms with Gasteiger partial charge in [0.05, 0.1) is 67.5 Å². The second-order valence-corrected chi connectivity index (χ2v) is 11.0. The standard InChI is InChI=1S/C27H30I2O13/c1-32-13-8-11(16(28)21(36-5)18(13)34-3)25(30)41-20-15-10-39-23(20)24(27(38-7)40-15)42-26(31)12-9-14(33-2)19(35-4)22(37-6)17(12)29/h8-9,15,20,23-24,27H,10H2,1-7H3/t15-,20-,23+,24-,27+/m1/s1. The van der Waals surface area contributed by atoms with Crippen molar-refractivity contribution < 1.29 is 61.7 Å². The average molecular weight is 816 g/mol. The van der Waals surface area contributed by atoms with E-state index in [4.69, 9.17) is 52.1 Å². The van der Waals surface area contributed by atoms with Gasteiger partial charge in [0.15, 0.2) is 41.5 Å². The van der Waals surface area contributed by atoms with Crippen LogP contribution in [0.3, 0.4) is 0 Å². The van der Waals surface area contributed by atoms with E-state index in [1.54, 1.807) is 0 Å². The van der Waals surface area contributed by atoms with E-state index in [0.29, 0.717) is 30.1 Å². The van der Waals surface area contributed by atoms with E-state index in [1.807, 2.05) is 45.2 Å². The lowest BCUT2D eigenvalue weighted by molar-refractivity contribution is -0.252. The number of benzene rings is 2. The van der Waals surface area contributed by atoms with Crippen LogP contribution >= 0.6 is 45.2 Å². The third kappa shape index (κ3) is 5.85. The molecule has 15 heteroatoms. The molecule has 42 heavy (non-hydrogen) atoms. The van der Waals surface area contributed by atoms with Gasteiger partial charge in [0, 0.05) is 7.11 Å². The SMILES string of the molecule is COc1cc(C(=O)O[C@H]2[C@@H](OC)O[C@@H]3CO[C@H]2[C@@H]3OC(=O)c2cc(OC)c(OC)c(OC)c2I)c(I)c(OC)c1OC. The fourth-order valence-corrected chi connectivity index (χ4v) is 6.46. The van der Waals surface area contributed by atoms with Crippen molar-refractivity contribution in [1.82, 2.24) is 0 Å². The van der Waals surface area contributed by atoms with Gasteiger partial charge in [-0.15, -0.1) is 0 Å². The lowest BCUT2D eigenvalue weighted by Gasteiger charge is -2.38. The molecular formula is C27H30I2O13. The summed E-state index contributed by atoms with van der Waals surface area (Å²) < 4.78 is 62.6. The summed E-state index contributed by atoms with van der Waals surface area (Å²) in [6.07, 6.45) is -4.55. The van der Waals surface area contributed by atoms with Crippen LogP contribution in [0.1, 0.15) is 20.7 Å². The molecule has 5 atom stereocenters. The molecule has 13 nitrogen and oxygen atoms in total. The van der Waals surface area contributed by atoms with Gasteiger partial charge in [-0.1, -0.05) is 0 Å². The van der Waals surface area contributed by atoms with Crippen LogP contribution in [-0.2, 0) is 23.7 Å². The number of carbonyl (C=O) groups excluding carboxylic acids is 2. The summed E-state index contributed by atoms with van der Waals surface area (Å²) in [6, 6.07) is 2.99. The maximum atomic E-state index is 13.5. The van der Waals surface area contributed by atoms with Crippen LogP contribution in [-0.4, -0.2) is 99.0 Å². The van der Waals surface area contributed by atoms with E-state index in [1.165, 1.54) is 61.9 Å². The molecule has 2 aromatic carbocycles. The van der Waals surface area contributed by atoms with Crippen molar-refractivity contribution in [3.63, 3.8) is 0 Å². The molecule has 230 valence electrons. The van der Waals surface area contributed by atoms with E-state index in [0.717, 1.165) is 0 Å². The number of ether oxygens (including phenoxy) is 11. The van der Waals surface area contributed by atoms with Crippen molar-refractivity contribution in [3.8, 4) is 34.5 Å². The second-order valence-electron chi connectivity index (χ2n) is 8.83. The molecule has 0 aliphatic carbocycles. The van der Waals surface area contributed by atoms with Gasteiger partial charge >= 0.3 is 11.9 Å². The summed E-state index contributed by atoms with van der Waals surface area (Å²) in [5.74, 6) is 0.418. The highest BCUT2D eigenvalue weighted by Gasteiger charge is 2.56. The first kappa shape index (κ1) is 32.4. The Labute approximate surface area is 269 Å². The fraction of sp³-hybridized carbons (Fsp3) is 0.481. The second kappa shape index (κ2) is 13.9. The van der Waals surface area contributed by atoms with Gasteiger partial charge in [-0.3, -0.25) is 0 Å². The Morgan fingerprint density at radius 3 is 1.55 bits per heavy atom. The van der Waals surface area contributed by atoms with Crippen molar-refractivity contribution in [3.05, 3.63) is 30.4 Å². The van der Waals surface area contributed by atoms with Gasteiger partial charge in [-0.2, -0.15) is 0 Å². The highest BCUT2D eigenvalue weighted by Crippen LogP contribution is 2.45. The molecular weight excluding hydrogens is 786 g/mol. The van der Waals surface area contributed by atoms with Crippen LogP contribution < -0.4 is 28.4 Å². The molecule has 4 rings (SSSR count). The molecule has 2 saturated heterocycles. The van der Waals surface area contributed by atoms with Gasteiger partial charge in [-0.25, -0.2) is 9.59 Å². The topological polar surface area (TPSA) is 136 Å². The monoisotopic (exact) mass is 816 g/mol. The first-order valence-electron chi connectivity index (χ1n) is 12.4. The molecule has 0 spiro atoms. The summed E-state index contributed by atoms with van der Waals surface area (Å²) in [5, 5.41) is 0. The molecule has 0 aromatic heterocycles. The van der Waals surface area contributed by atoms with Gasteiger partial charge in [-0.05, 0) is 57.3 Å². The lowest BCUT2D eigenvalue weighted by atomic mass is 10.0. The van der Waals surface area contributed by atoms with E-state index >= 15 is 0 Å². The van der Waals surface area contributed by atoms with E-state index in [9.17, 15) is 9.59 Å². The Morgan fingerprint density at radius 1 is 0.690 bits per heavy atom. The molecule has 0 saturated carbocycles. The summed E-state index contributed by atoms with van der Waals surface area (Å²) in [5.41, 5.74) is 0.333. The normalized spacial score (nSPS) is 22.6. The molecule has 2 aliphatic rings. The van der Waals surface area contributed by atoms with Gasteiger partial charge in [0.1, 0.15) is 12.2 Å². The molecule has 2 aliphatic heterocycles. The zero-order chi connectivity index (χ0) is 30.7. The first-order chi connectivity index (χ1) is 20.2. The van der Waals surface area contributed by atoms with Crippen LogP contribution in [0, 0.1) is 7.14 Å². The van der Waals surface area contributed by atoms with Gasteiger partial charge < -0.3 is 52.1 Å². The number of methoxy groups -OCH3 is 7. The summed E-state index contributed by atoms with van der Waals surface area (Å²) >= 11 is 3.93. The third-order valence-corrected chi connectivity index (χ3v) is 8.88. The number of hydrogen-bond acceptors (Lipinski definition) is 13. The Bertz CT molecular complexity index is 1330. The minimum atomic E-state index is -1.09. The zero-order valence-corrected chi connectivity index (χ0v) is 28.1. The summed E-state index contributed by atoms with van der Waals surface area (Å²) in [6.45, 7) is 0.0879. The minimum Gasteiger partial charge on any atom is -0.493 e. The highest BCUT2D eigenvalue weighted by molar-refractivity contribution is 14.1. The van der Waals surface area contributed by atoms with Crippen molar-refractivity contribution in [2.75, 3.05) is 56.4 Å².